The van der Waals surface area contributed by atoms with Crippen molar-refractivity contribution in [2.24, 2.45) is 10.8 Å². The molecule has 3 saturated heterocycles. The number of nitrogens with zero attached hydrogens (tertiary/aromatic N) is 4. The predicted octanol–water partition coefficient (Wildman–Crippen LogP) is 3.25. The minimum absolute atomic E-state index is 0.280. The van der Waals surface area contributed by atoms with Gasteiger partial charge in [0.05, 0.1) is 12.1 Å². The molecule has 3 atom stereocenters. The lowest BCUT2D eigenvalue weighted by molar-refractivity contribution is -0.0763. The second-order valence-corrected chi connectivity index (χ2v) is 12.8. The lowest BCUT2D eigenvalue weighted by atomic mass is 9.82. The van der Waals surface area contributed by atoms with Crippen molar-refractivity contribution in [2.45, 2.75) is 78.4 Å². The Kier molecular flexibility index (Phi) is 7.61. The molecular formula is C25H50N4O. The molecular weight excluding hydrogens is 372 g/mol. The van der Waals surface area contributed by atoms with Crippen LogP contribution in [-0.2, 0) is 4.74 Å². The number of likely N-dealkylation sites (N-methyl/N-ethyl adjacent to an activating group) is 1. The van der Waals surface area contributed by atoms with Gasteiger partial charge in [0.1, 0.15) is 0 Å². The summed E-state index contributed by atoms with van der Waals surface area (Å²) < 4.78 is 5.51. The van der Waals surface area contributed by atoms with Gasteiger partial charge in [-0.05, 0) is 43.7 Å². The molecule has 2 bridgehead atoms. The van der Waals surface area contributed by atoms with Gasteiger partial charge in [0.15, 0.2) is 0 Å². The minimum atomic E-state index is 0.280. The van der Waals surface area contributed by atoms with E-state index in [0.717, 1.165) is 19.2 Å². The van der Waals surface area contributed by atoms with Gasteiger partial charge < -0.3 is 9.64 Å². The molecule has 3 aliphatic rings. The normalized spacial score (nSPS) is 32.8. The average Bonchev–Trinajstić information content (AvgIpc) is 2.82. The van der Waals surface area contributed by atoms with Crippen LogP contribution in [0.25, 0.3) is 0 Å². The number of fused-ring (bicyclic) bond motifs is 2. The zero-order valence-electron chi connectivity index (χ0n) is 21.3. The number of methoxy groups -OCH3 is 1. The van der Waals surface area contributed by atoms with Crippen LogP contribution in [0.2, 0.25) is 0 Å². The summed E-state index contributed by atoms with van der Waals surface area (Å²) in [4.78, 5) is 11.1. The largest absolute Gasteiger partial charge is 0.383 e. The van der Waals surface area contributed by atoms with Crippen LogP contribution in [0, 0.1) is 10.8 Å². The molecule has 30 heavy (non-hydrogen) atoms. The molecule has 3 unspecified atom stereocenters. The van der Waals surface area contributed by atoms with E-state index in [9.17, 15) is 0 Å². The van der Waals surface area contributed by atoms with E-state index in [0.29, 0.717) is 16.9 Å². The van der Waals surface area contributed by atoms with Gasteiger partial charge in [-0.1, -0.05) is 41.5 Å². The van der Waals surface area contributed by atoms with Crippen LogP contribution in [0.15, 0.2) is 0 Å². The van der Waals surface area contributed by atoms with E-state index in [4.69, 9.17) is 4.74 Å². The predicted molar refractivity (Wildman–Crippen MR) is 127 cm³/mol. The van der Waals surface area contributed by atoms with Crippen LogP contribution in [0.1, 0.15) is 60.8 Å². The molecule has 176 valence electrons. The van der Waals surface area contributed by atoms with Crippen molar-refractivity contribution in [3.05, 3.63) is 0 Å². The van der Waals surface area contributed by atoms with Crippen LogP contribution in [0.5, 0.6) is 0 Å². The molecule has 5 nitrogen and oxygen atoms in total. The van der Waals surface area contributed by atoms with Crippen molar-refractivity contribution in [3.8, 4) is 0 Å². The Bertz CT molecular complexity index is 554. The van der Waals surface area contributed by atoms with Crippen LogP contribution < -0.4 is 0 Å². The lowest BCUT2D eigenvalue weighted by Gasteiger charge is -2.57. The number of rotatable bonds is 7. The summed E-state index contributed by atoms with van der Waals surface area (Å²) in [6.45, 7) is 24.7. The molecule has 5 heteroatoms. The molecule has 0 saturated carbocycles. The second kappa shape index (κ2) is 9.35. The summed E-state index contributed by atoms with van der Waals surface area (Å²) in [5.41, 5.74) is 1.05. The standard InChI is InChI=1S/C25H50N4O/c1-23(2,3)11-12-27-13-14-29(15-16-30-8)22(18-27)25-10-9-21(26(25)7)17-28(20-25)19-24(4,5)6/h21-22H,9-20H2,1-8H3. The molecule has 0 N–H and O–H groups in total. The summed E-state index contributed by atoms with van der Waals surface area (Å²) >= 11 is 0. The molecule has 0 aromatic carbocycles. The monoisotopic (exact) mass is 422 g/mol. The fraction of sp³-hybridized carbons (Fsp3) is 1.00. The molecule has 3 fully saturated rings. The first-order valence-corrected chi connectivity index (χ1v) is 12.3. The van der Waals surface area contributed by atoms with Crippen LogP contribution >= 0.6 is 0 Å². The Hall–Kier alpha value is -0.200. The Balaban J connectivity index is 1.80. The molecule has 0 aromatic rings. The Morgan fingerprint density at radius 2 is 1.67 bits per heavy atom. The third-order valence-corrected chi connectivity index (χ3v) is 7.78. The zero-order chi connectivity index (χ0) is 22.2. The van der Waals surface area contributed by atoms with Gasteiger partial charge in [-0.3, -0.25) is 14.7 Å². The third-order valence-electron chi connectivity index (χ3n) is 7.78. The van der Waals surface area contributed by atoms with Crippen molar-refractivity contribution in [3.63, 3.8) is 0 Å². The smallest absolute Gasteiger partial charge is 0.0589 e. The van der Waals surface area contributed by atoms with Crippen molar-refractivity contribution in [1.82, 2.24) is 19.6 Å². The molecule has 0 aliphatic carbocycles. The fourth-order valence-corrected chi connectivity index (χ4v) is 6.16. The highest BCUT2D eigenvalue weighted by Crippen LogP contribution is 2.43. The van der Waals surface area contributed by atoms with Crippen molar-refractivity contribution >= 4 is 0 Å². The first kappa shape index (κ1) is 24.4. The van der Waals surface area contributed by atoms with Gasteiger partial charge >= 0.3 is 0 Å². The molecule has 0 spiro atoms. The molecule has 0 radical (unpaired) electrons. The Morgan fingerprint density at radius 3 is 2.30 bits per heavy atom. The van der Waals surface area contributed by atoms with Crippen molar-refractivity contribution in [2.75, 3.05) is 73.1 Å². The van der Waals surface area contributed by atoms with Gasteiger partial charge in [0, 0.05) is 65.0 Å². The van der Waals surface area contributed by atoms with Gasteiger partial charge in [-0.25, -0.2) is 0 Å². The topological polar surface area (TPSA) is 22.2 Å². The maximum absolute atomic E-state index is 5.51. The van der Waals surface area contributed by atoms with E-state index in [2.05, 4.69) is 68.2 Å². The molecule has 3 heterocycles. The maximum atomic E-state index is 5.51. The molecule has 3 aliphatic heterocycles. The number of piperazine rings is 2. The minimum Gasteiger partial charge on any atom is -0.383 e. The highest BCUT2D eigenvalue weighted by atomic mass is 16.5. The van der Waals surface area contributed by atoms with Crippen molar-refractivity contribution < 1.29 is 4.74 Å². The van der Waals surface area contributed by atoms with E-state index in [-0.39, 0.29) is 5.54 Å². The molecule has 0 aromatic heterocycles. The fourth-order valence-electron chi connectivity index (χ4n) is 6.16. The zero-order valence-corrected chi connectivity index (χ0v) is 21.3. The van der Waals surface area contributed by atoms with Crippen LogP contribution in [0.3, 0.4) is 0 Å². The van der Waals surface area contributed by atoms with E-state index < -0.39 is 0 Å². The van der Waals surface area contributed by atoms with E-state index in [1.807, 2.05) is 7.11 Å². The number of ether oxygens (including phenoxy) is 1. The SMILES string of the molecule is COCCN1CCN(CCC(C)(C)C)CC1C12CCC(CN(CC(C)(C)C)C1)N2C. The number of hydrogen-bond donors (Lipinski definition) is 0. The van der Waals surface area contributed by atoms with Crippen LogP contribution in [0.4, 0.5) is 0 Å². The number of hydrogen-bond acceptors (Lipinski definition) is 5. The van der Waals surface area contributed by atoms with E-state index in [1.54, 1.807) is 0 Å². The quantitative estimate of drug-likeness (QED) is 0.626. The summed E-state index contributed by atoms with van der Waals surface area (Å²) in [6.07, 6.45) is 3.98. The number of likely N-dealkylation sites (tertiary alicyclic amines) is 1. The molecule has 3 rings (SSSR count). The van der Waals surface area contributed by atoms with E-state index >= 15 is 0 Å². The third kappa shape index (κ3) is 5.78. The van der Waals surface area contributed by atoms with E-state index in [1.165, 1.54) is 65.1 Å². The lowest BCUT2D eigenvalue weighted by Crippen LogP contribution is -2.72. The van der Waals surface area contributed by atoms with Gasteiger partial charge in [-0.2, -0.15) is 0 Å². The first-order valence-electron chi connectivity index (χ1n) is 12.3. The maximum Gasteiger partial charge on any atom is 0.0589 e. The summed E-state index contributed by atoms with van der Waals surface area (Å²) in [5.74, 6) is 0. The highest BCUT2D eigenvalue weighted by molar-refractivity contribution is 5.14. The average molecular weight is 423 g/mol. The second-order valence-electron chi connectivity index (χ2n) is 12.8. The van der Waals surface area contributed by atoms with Gasteiger partial charge in [-0.15, -0.1) is 0 Å². The Labute approximate surface area is 187 Å². The Morgan fingerprint density at radius 1 is 0.933 bits per heavy atom. The van der Waals surface area contributed by atoms with Gasteiger partial charge in [0.25, 0.3) is 0 Å². The van der Waals surface area contributed by atoms with Crippen LogP contribution in [-0.4, -0.2) is 110 Å². The summed E-state index contributed by atoms with van der Waals surface area (Å²) in [7, 11) is 4.27. The highest BCUT2D eigenvalue weighted by Gasteiger charge is 2.56. The first-order chi connectivity index (χ1) is 13.9. The van der Waals surface area contributed by atoms with Crippen molar-refractivity contribution in [1.29, 1.82) is 0 Å². The summed E-state index contributed by atoms with van der Waals surface area (Å²) in [5, 5.41) is 0. The molecule has 0 amide bonds. The van der Waals surface area contributed by atoms with Gasteiger partial charge in [0.2, 0.25) is 0 Å². The summed E-state index contributed by atoms with van der Waals surface area (Å²) in [6, 6.07) is 1.31.